The van der Waals surface area contributed by atoms with Gasteiger partial charge in [-0.3, -0.25) is 9.59 Å². The molecule has 0 heterocycles. The molecule has 3 saturated carbocycles. The topological polar surface area (TPSA) is 54.4 Å². The third kappa shape index (κ3) is 2.00. The third-order valence-electron chi connectivity index (χ3n) is 8.56. The van der Waals surface area contributed by atoms with Crippen molar-refractivity contribution in [3.05, 3.63) is 11.6 Å². The van der Waals surface area contributed by atoms with Gasteiger partial charge in [-0.1, -0.05) is 19.4 Å². The molecule has 0 unspecified atom stereocenters. The largest absolute Gasteiger partial charge is 0.393 e. The summed E-state index contributed by atoms with van der Waals surface area (Å²) in [4.78, 5) is 24.1. The number of aliphatic hydroxyl groups excluding tert-OH is 1. The molecule has 0 aliphatic heterocycles. The van der Waals surface area contributed by atoms with Crippen LogP contribution in [0.1, 0.15) is 65.7 Å². The number of aliphatic hydroxyl groups is 1. The molecule has 4 aliphatic rings. The van der Waals surface area contributed by atoms with Gasteiger partial charge in [0.25, 0.3) is 0 Å². The molecule has 0 bridgehead atoms. The minimum atomic E-state index is -0.394. The van der Waals surface area contributed by atoms with E-state index in [1.54, 1.807) is 6.92 Å². The number of fused-ring (bicyclic) bond motifs is 5. The Bertz CT molecular complexity index is 621. The van der Waals surface area contributed by atoms with E-state index in [4.69, 9.17) is 0 Å². The van der Waals surface area contributed by atoms with Gasteiger partial charge >= 0.3 is 0 Å². The van der Waals surface area contributed by atoms with Gasteiger partial charge in [0.1, 0.15) is 5.78 Å². The number of carbonyl (C=O) groups excluding carboxylic acids is 2. The number of allylic oxidation sites excluding steroid dienone is 1. The van der Waals surface area contributed by atoms with Crippen LogP contribution in [-0.4, -0.2) is 22.8 Å². The first kappa shape index (κ1) is 16.5. The monoisotopic (exact) mass is 330 g/mol. The molecule has 4 rings (SSSR count). The van der Waals surface area contributed by atoms with Crippen molar-refractivity contribution in [2.45, 2.75) is 71.8 Å². The van der Waals surface area contributed by atoms with Gasteiger partial charge in [-0.15, -0.1) is 0 Å². The van der Waals surface area contributed by atoms with Gasteiger partial charge < -0.3 is 5.11 Å². The highest BCUT2D eigenvalue weighted by Gasteiger charge is 2.63. The lowest BCUT2D eigenvalue weighted by atomic mass is 9.46. The van der Waals surface area contributed by atoms with E-state index in [1.165, 1.54) is 5.57 Å². The summed E-state index contributed by atoms with van der Waals surface area (Å²) >= 11 is 0. The minimum absolute atomic E-state index is 0.0242. The number of hydrogen-bond donors (Lipinski definition) is 1. The molecule has 0 spiro atoms. The normalized spacial score (nSPS) is 50.6. The van der Waals surface area contributed by atoms with Gasteiger partial charge in [-0.25, -0.2) is 0 Å². The van der Waals surface area contributed by atoms with E-state index in [0.717, 1.165) is 38.5 Å². The quantitative estimate of drug-likeness (QED) is 0.797. The van der Waals surface area contributed by atoms with Crippen molar-refractivity contribution in [1.82, 2.24) is 0 Å². The molecule has 3 nitrogen and oxygen atoms in total. The van der Waals surface area contributed by atoms with Gasteiger partial charge in [-0.2, -0.15) is 0 Å². The summed E-state index contributed by atoms with van der Waals surface area (Å²) in [5.74, 6) is 2.07. The lowest BCUT2D eigenvalue weighted by Crippen LogP contribution is -2.57. The Labute approximate surface area is 144 Å². The van der Waals surface area contributed by atoms with Crippen LogP contribution in [0.5, 0.6) is 0 Å². The first-order valence-corrected chi connectivity index (χ1v) is 9.71. The molecule has 0 aromatic carbocycles. The van der Waals surface area contributed by atoms with Crippen molar-refractivity contribution in [3.63, 3.8) is 0 Å². The van der Waals surface area contributed by atoms with Crippen molar-refractivity contribution >= 4 is 11.6 Å². The van der Waals surface area contributed by atoms with Crippen LogP contribution >= 0.6 is 0 Å². The molecule has 0 saturated heterocycles. The molecule has 3 heteroatoms. The fraction of sp³-hybridized carbons (Fsp3) is 0.810. The fourth-order valence-corrected chi connectivity index (χ4v) is 7.19. The van der Waals surface area contributed by atoms with Crippen molar-refractivity contribution in [1.29, 1.82) is 0 Å². The zero-order valence-electron chi connectivity index (χ0n) is 15.2. The van der Waals surface area contributed by atoms with Crippen LogP contribution in [0.2, 0.25) is 0 Å². The molecule has 0 aromatic rings. The van der Waals surface area contributed by atoms with Crippen molar-refractivity contribution in [3.8, 4) is 0 Å². The standard InChI is InChI=1S/C21H30O3/c1-12(22)16-6-7-17-15-5-4-13-10-14(23)8-9-20(13,2)18(15)11-19(24)21(16,17)3/h10,15-19,24H,4-9,11H2,1-3H3/t15-,16-,17-,18-,19+,20-,21+/m0/s1. The first-order valence-electron chi connectivity index (χ1n) is 9.71. The van der Waals surface area contributed by atoms with Crippen LogP contribution in [0.25, 0.3) is 0 Å². The molecule has 24 heavy (non-hydrogen) atoms. The van der Waals surface area contributed by atoms with E-state index >= 15 is 0 Å². The highest BCUT2D eigenvalue weighted by Crippen LogP contribution is 2.66. The summed E-state index contributed by atoms with van der Waals surface area (Å²) in [6.07, 6.45) is 8.06. The first-order chi connectivity index (χ1) is 11.3. The molecule has 7 atom stereocenters. The van der Waals surface area contributed by atoms with E-state index in [1.807, 2.05) is 6.08 Å². The highest BCUT2D eigenvalue weighted by molar-refractivity contribution is 5.91. The number of carbonyl (C=O) groups is 2. The van der Waals surface area contributed by atoms with Crippen LogP contribution in [0, 0.1) is 34.5 Å². The van der Waals surface area contributed by atoms with E-state index < -0.39 is 6.10 Å². The maximum Gasteiger partial charge on any atom is 0.155 e. The van der Waals surface area contributed by atoms with E-state index in [9.17, 15) is 14.7 Å². The number of hydrogen-bond acceptors (Lipinski definition) is 3. The predicted molar refractivity (Wildman–Crippen MR) is 92.3 cm³/mol. The average Bonchev–Trinajstić information content (AvgIpc) is 2.88. The van der Waals surface area contributed by atoms with E-state index in [-0.39, 0.29) is 28.3 Å². The molecular formula is C21H30O3. The second-order valence-electron chi connectivity index (χ2n) is 9.33. The maximum absolute atomic E-state index is 12.2. The van der Waals surface area contributed by atoms with Gasteiger partial charge in [0.05, 0.1) is 6.10 Å². The summed E-state index contributed by atoms with van der Waals surface area (Å²) < 4.78 is 0. The number of rotatable bonds is 1. The molecule has 0 radical (unpaired) electrons. The Morgan fingerprint density at radius 2 is 1.92 bits per heavy atom. The predicted octanol–water partition coefficient (Wildman–Crippen LogP) is 3.69. The lowest BCUT2D eigenvalue weighted by molar-refractivity contribution is -0.149. The summed E-state index contributed by atoms with van der Waals surface area (Å²) in [6, 6.07) is 0. The molecule has 1 N–H and O–H groups in total. The Hall–Kier alpha value is -0.960. The van der Waals surface area contributed by atoms with Gasteiger partial charge in [0, 0.05) is 17.8 Å². The SMILES string of the molecule is CC(=O)[C@@H]1CC[C@H]2[C@@H]3CCC4=CC(=O)CC[C@]4(C)[C@H]3C[C@@H](O)[C@]12C. The minimum Gasteiger partial charge on any atom is -0.393 e. The smallest absolute Gasteiger partial charge is 0.155 e. The summed E-state index contributed by atoms with van der Waals surface area (Å²) in [6.45, 7) is 6.21. The molecular weight excluding hydrogens is 300 g/mol. The highest BCUT2D eigenvalue weighted by atomic mass is 16.3. The Balaban J connectivity index is 1.72. The average molecular weight is 330 g/mol. The van der Waals surface area contributed by atoms with Crippen molar-refractivity contribution in [2.24, 2.45) is 34.5 Å². The Morgan fingerprint density at radius 1 is 1.17 bits per heavy atom. The Kier molecular flexibility index (Phi) is 3.62. The van der Waals surface area contributed by atoms with Crippen LogP contribution in [-0.2, 0) is 9.59 Å². The van der Waals surface area contributed by atoms with Crippen molar-refractivity contribution in [2.75, 3.05) is 0 Å². The zero-order valence-corrected chi connectivity index (χ0v) is 15.2. The lowest BCUT2D eigenvalue weighted by Gasteiger charge is -2.59. The molecule has 132 valence electrons. The second kappa shape index (κ2) is 5.27. The molecule has 0 amide bonds. The molecule has 4 aliphatic carbocycles. The number of ketones is 2. The van der Waals surface area contributed by atoms with E-state index in [2.05, 4.69) is 13.8 Å². The number of Topliss-reactive ketones (excluding diaryl/α,β-unsaturated/α-hetero) is 1. The maximum atomic E-state index is 12.2. The third-order valence-corrected chi connectivity index (χ3v) is 8.56. The van der Waals surface area contributed by atoms with Crippen LogP contribution in [0.3, 0.4) is 0 Å². The van der Waals surface area contributed by atoms with Crippen molar-refractivity contribution < 1.29 is 14.7 Å². The summed E-state index contributed by atoms with van der Waals surface area (Å²) in [5, 5.41) is 11.1. The summed E-state index contributed by atoms with van der Waals surface area (Å²) in [5.41, 5.74) is 1.17. The second-order valence-corrected chi connectivity index (χ2v) is 9.33. The van der Waals surface area contributed by atoms with Gasteiger partial charge in [-0.05, 0) is 74.7 Å². The van der Waals surface area contributed by atoms with Crippen LogP contribution in [0.15, 0.2) is 11.6 Å². The fourth-order valence-electron chi connectivity index (χ4n) is 7.19. The molecule has 0 aromatic heterocycles. The summed E-state index contributed by atoms with van der Waals surface area (Å²) in [7, 11) is 0. The van der Waals surface area contributed by atoms with Crippen LogP contribution in [0.4, 0.5) is 0 Å². The Morgan fingerprint density at radius 3 is 2.62 bits per heavy atom. The van der Waals surface area contributed by atoms with Gasteiger partial charge in [0.15, 0.2) is 5.78 Å². The van der Waals surface area contributed by atoms with Crippen LogP contribution < -0.4 is 0 Å². The van der Waals surface area contributed by atoms with E-state index in [0.29, 0.717) is 24.2 Å². The zero-order chi connectivity index (χ0) is 17.3. The van der Waals surface area contributed by atoms with Gasteiger partial charge in [0.2, 0.25) is 0 Å². The molecule has 3 fully saturated rings.